The lowest BCUT2D eigenvalue weighted by molar-refractivity contribution is 0.0923. The first-order valence-electron chi connectivity index (χ1n) is 8.89. The molecule has 6 nitrogen and oxygen atoms in total. The number of pyridine rings is 1. The second-order valence-corrected chi connectivity index (χ2v) is 8.79. The fraction of sp³-hybridized carbons (Fsp3) is 0.556. The van der Waals surface area contributed by atoms with Crippen LogP contribution in [0, 0.1) is 5.92 Å². The first-order valence-corrected chi connectivity index (χ1v) is 10.8. The van der Waals surface area contributed by atoms with Crippen molar-refractivity contribution in [3.05, 3.63) is 30.1 Å². The van der Waals surface area contributed by atoms with Crippen LogP contribution in [0.2, 0.25) is 0 Å². The van der Waals surface area contributed by atoms with Gasteiger partial charge in [-0.2, -0.15) is 0 Å². The highest BCUT2D eigenvalue weighted by Crippen LogP contribution is 2.30. The number of nitrogens with zero attached hydrogens (tertiary/aromatic N) is 2. The minimum absolute atomic E-state index is 0.0952. The van der Waals surface area contributed by atoms with Crippen molar-refractivity contribution in [3.63, 3.8) is 0 Å². The molecule has 3 rings (SSSR count). The summed E-state index contributed by atoms with van der Waals surface area (Å²) in [7, 11) is -3.52. The van der Waals surface area contributed by atoms with Gasteiger partial charge < -0.3 is 5.32 Å². The predicted molar refractivity (Wildman–Crippen MR) is 96.4 cm³/mol. The molecular formula is C18H25N3O3S. The molecule has 0 aromatic carbocycles. The molecule has 0 aliphatic heterocycles. The van der Waals surface area contributed by atoms with Crippen LogP contribution in [-0.2, 0) is 9.84 Å². The van der Waals surface area contributed by atoms with Crippen molar-refractivity contribution in [1.82, 2.24) is 14.7 Å². The van der Waals surface area contributed by atoms with E-state index in [4.69, 9.17) is 0 Å². The van der Waals surface area contributed by atoms with E-state index < -0.39 is 9.84 Å². The zero-order chi connectivity index (χ0) is 18.0. The Kier molecular flexibility index (Phi) is 5.13. The molecule has 1 fully saturated rings. The van der Waals surface area contributed by atoms with Crippen LogP contribution in [-0.4, -0.2) is 36.0 Å². The van der Waals surface area contributed by atoms with Crippen LogP contribution in [0.1, 0.15) is 55.9 Å². The maximum atomic E-state index is 12.8. The van der Waals surface area contributed by atoms with Gasteiger partial charge in [-0.15, -0.1) is 0 Å². The number of carbonyl (C=O) groups is 1. The molecule has 25 heavy (non-hydrogen) atoms. The third-order valence-corrected chi connectivity index (χ3v) is 5.92. The highest BCUT2D eigenvalue weighted by Gasteiger charge is 2.30. The summed E-state index contributed by atoms with van der Waals surface area (Å²) in [5.41, 5.74) is 0.700. The number of hydrogen-bond acceptors (Lipinski definition) is 4. The van der Waals surface area contributed by atoms with Gasteiger partial charge in [-0.05, 0) is 37.3 Å². The molecular weight excluding hydrogens is 338 g/mol. The second kappa shape index (κ2) is 7.15. The fourth-order valence-electron chi connectivity index (χ4n) is 3.71. The van der Waals surface area contributed by atoms with Gasteiger partial charge in [0.25, 0.3) is 5.91 Å². The Hall–Kier alpha value is -1.89. The van der Waals surface area contributed by atoms with Crippen molar-refractivity contribution in [2.75, 3.05) is 6.26 Å². The highest BCUT2D eigenvalue weighted by atomic mass is 32.2. The number of nitrogens with one attached hydrogen (secondary N) is 1. The normalized spacial score (nSPS) is 20.9. The summed E-state index contributed by atoms with van der Waals surface area (Å²) in [4.78, 5) is 16.9. The Bertz CT molecular complexity index is 873. The molecule has 1 aliphatic carbocycles. The van der Waals surface area contributed by atoms with E-state index in [1.165, 1.54) is 10.8 Å². The monoisotopic (exact) mass is 363 g/mol. The smallest absolute Gasteiger partial charge is 0.272 e. The van der Waals surface area contributed by atoms with E-state index in [1.54, 1.807) is 24.4 Å². The molecule has 7 heteroatoms. The summed E-state index contributed by atoms with van der Waals surface area (Å²) >= 11 is 0. The topological polar surface area (TPSA) is 80.5 Å². The fourth-order valence-corrected chi connectivity index (χ4v) is 4.49. The molecule has 1 saturated carbocycles. The van der Waals surface area contributed by atoms with E-state index >= 15 is 0 Å². The first-order chi connectivity index (χ1) is 11.9. The van der Waals surface area contributed by atoms with Crippen molar-refractivity contribution in [3.8, 4) is 0 Å². The lowest BCUT2D eigenvalue weighted by Crippen LogP contribution is -2.37. The first kappa shape index (κ1) is 17.9. The van der Waals surface area contributed by atoms with Gasteiger partial charge in [0.05, 0.1) is 5.52 Å². The van der Waals surface area contributed by atoms with Gasteiger partial charge in [0, 0.05) is 18.5 Å². The molecule has 1 N–H and O–H groups in total. The van der Waals surface area contributed by atoms with Crippen LogP contribution >= 0.6 is 0 Å². The lowest BCUT2D eigenvalue weighted by Gasteiger charge is -2.20. The zero-order valence-corrected chi connectivity index (χ0v) is 15.6. The molecule has 0 spiro atoms. The molecule has 0 saturated heterocycles. The lowest BCUT2D eigenvalue weighted by atomic mass is 9.96. The second-order valence-electron chi connectivity index (χ2n) is 6.88. The van der Waals surface area contributed by atoms with Gasteiger partial charge >= 0.3 is 0 Å². The number of hydrogen-bond donors (Lipinski definition) is 1. The number of amides is 1. The standard InChI is InChI=1S/C18H25N3O3S/c1-3-4-8-13-9-7-10-14(13)19-17(22)16-15-11-5-6-12-21(15)18(20-16)25(2,23)24/h5-6,11-14H,3-4,7-10H2,1-2H3,(H,19,22). The van der Waals surface area contributed by atoms with E-state index in [0.717, 1.165) is 38.4 Å². The van der Waals surface area contributed by atoms with Gasteiger partial charge in [0.1, 0.15) is 0 Å². The number of aromatic nitrogens is 2. The number of unbranched alkanes of at least 4 members (excludes halogenated alkanes) is 1. The molecule has 136 valence electrons. The van der Waals surface area contributed by atoms with Crippen LogP contribution in [0.3, 0.4) is 0 Å². The molecule has 0 radical (unpaired) electrons. The molecule has 2 aromatic heterocycles. The van der Waals surface area contributed by atoms with Crippen LogP contribution in [0.25, 0.3) is 5.52 Å². The number of sulfone groups is 1. The number of carbonyl (C=O) groups excluding carboxylic acids is 1. The molecule has 1 amide bonds. The van der Waals surface area contributed by atoms with Crippen molar-refractivity contribution in [2.45, 2.75) is 56.6 Å². The van der Waals surface area contributed by atoms with Crippen LogP contribution in [0.15, 0.2) is 29.6 Å². The predicted octanol–water partition coefficient (Wildman–Crippen LogP) is 2.83. The van der Waals surface area contributed by atoms with E-state index in [2.05, 4.69) is 17.2 Å². The van der Waals surface area contributed by atoms with Gasteiger partial charge in [-0.1, -0.05) is 32.3 Å². The Morgan fingerprint density at radius 2 is 2.16 bits per heavy atom. The molecule has 2 heterocycles. The molecule has 2 unspecified atom stereocenters. The Morgan fingerprint density at radius 1 is 1.36 bits per heavy atom. The summed E-state index contributed by atoms with van der Waals surface area (Å²) < 4.78 is 25.4. The summed E-state index contributed by atoms with van der Waals surface area (Å²) in [6.45, 7) is 2.17. The Labute approximate surface area is 148 Å². The van der Waals surface area contributed by atoms with Gasteiger partial charge in [0.2, 0.25) is 15.0 Å². The average molecular weight is 363 g/mol. The van der Waals surface area contributed by atoms with Crippen LogP contribution < -0.4 is 5.32 Å². The quantitative estimate of drug-likeness (QED) is 0.856. The van der Waals surface area contributed by atoms with Crippen molar-refractivity contribution in [2.24, 2.45) is 5.92 Å². The van der Waals surface area contributed by atoms with Crippen molar-refractivity contribution in [1.29, 1.82) is 0 Å². The van der Waals surface area contributed by atoms with E-state index in [-0.39, 0.29) is 22.8 Å². The Morgan fingerprint density at radius 3 is 2.88 bits per heavy atom. The largest absolute Gasteiger partial charge is 0.348 e. The highest BCUT2D eigenvalue weighted by molar-refractivity contribution is 7.90. The number of fused-ring (bicyclic) bond motifs is 1. The van der Waals surface area contributed by atoms with E-state index in [1.807, 2.05) is 0 Å². The van der Waals surface area contributed by atoms with Gasteiger partial charge in [-0.3, -0.25) is 9.20 Å². The van der Waals surface area contributed by atoms with Crippen molar-refractivity contribution >= 4 is 21.3 Å². The molecule has 0 bridgehead atoms. The zero-order valence-electron chi connectivity index (χ0n) is 14.7. The molecule has 2 aromatic rings. The third-order valence-electron chi connectivity index (χ3n) is 4.97. The van der Waals surface area contributed by atoms with E-state index in [0.29, 0.717) is 11.4 Å². The summed E-state index contributed by atoms with van der Waals surface area (Å²) in [5.74, 6) is 0.221. The summed E-state index contributed by atoms with van der Waals surface area (Å²) in [6.07, 6.45) is 9.42. The average Bonchev–Trinajstić information content (AvgIpc) is 3.16. The van der Waals surface area contributed by atoms with Gasteiger partial charge in [0.15, 0.2) is 5.69 Å². The van der Waals surface area contributed by atoms with E-state index in [9.17, 15) is 13.2 Å². The van der Waals surface area contributed by atoms with Gasteiger partial charge in [-0.25, -0.2) is 13.4 Å². The summed E-state index contributed by atoms with van der Waals surface area (Å²) in [6, 6.07) is 5.38. The number of rotatable bonds is 6. The third kappa shape index (κ3) is 3.71. The van der Waals surface area contributed by atoms with Crippen LogP contribution in [0.4, 0.5) is 0 Å². The molecule has 1 aliphatic rings. The summed E-state index contributed by atoms with van der Waals surface area (Å²) in [5, 5.41) is 3.01. The number of imidazole rings is 1. The molecule has 2 atom stereocenters. The minimum Gasteiger partial charge on any atom is -0.348 e. The van der Waals surface area contributed by atoms with Crippen LogP contribution in [0.5, 0.6) is 0 Å². The Balaban J connectivity index is 1.88. The van der Waals surface area contributed by atoms with Crippen molar-refractivity contribution < 1.29 is 13.2 Å². The maximum absolute atomic E-state index is 12.8. The SMILES string of the molecule is CCCCC1CCCC1NC(=O)c1nc(S(C)(=O)=O)n2ccccc12. The minimum atomic E-state index is -3.52. The maximum Gasteiger partial charge on any atom is 0.272 e.